The number of allylic oxidation sites excluding steroid dienone is 1. The van der Waals surface area contributed by atoms with Crippen LogP contribution in [0.15, 0.2) is 70.7 Å². The zero-order valence-corrected chi connectivity index (χ0v) is 16.9. The van der Waals surface area contributed by atoms with E-state index in [0.29, 0.717) is 6.61 Å². The molecule has 28 heavy (non-hydrogen) atoms. The summed E-state index contributed by atoms with van der Waals surface area (Å²) in [4.78, 5) is 8.47. The van der Waals surface area contributed by atoms with E-state index in [1.165, 1.54) is 16.2 Å². The molecule has 0 N–H and O–H groups in total. The van der Waals surface area contributed by atoms with Gasteiger partial charge in [0.2, 0.25) is 0 Å². The van der Waals surface area contributed by atoms with E-state index in [1.54, 1.807) is 14.2 Å². The number of fused-ring (bicyclic) bond motifs is 1. The van der Waals surface area contributed by atoms with E-state index in [-0.39, 0.29) is 11.7 Å². The lowest BCUT2D eigenvalue weighted by Crippen LogP contribution is -2.25. The maximum Gasteiger partial charge on any atom is 0.191 e. The summed E-state index contributed by atoms with van der Waals surface area (Å²) in [5, 5.41) is 0.174. The number of hydrogen-bond acceptors (Lipinski definition) is 6. The highest BCUT2D eigenvalue weighted by Gasteiger charge is 2.28. The van der Waals surface area contributed by atoms with E-state index in [2.05, 4.69) is 47.5 Å². The molecule has 2 heterocycles. The second-order valence-corrected chi connectivity index (χ2v) is 7.72. The first kappa shape index (κ1) is 19.1. The average molecular weight is 397 g/mol. The fourth-order valence-corrected chi connectivity index (χ4v) is 4.43. The van der Waals surface area contributed by atoms with Crippen molar-refractivity contribution in [3.8, 4) is 5.75 Å². The lowest BCUT2D eigenvalue weighted by Gasteiger charge is -2.26. The fourth-order valence-electron chi connectivity index (χ4n) is 3.24. The molecular weight excluding hydrogens is 372 g/mol. The Hall–Kier alpha value is -2.28. The maximum absolute atomic E-state index is 5.72. The average Bonchev–Trinajstić information content (AvgIpc) is 3.19. The SMILES string of the molecule is COC(COc1ccc(N2C=C3SC(c4ccccc4)N=C3CC2)cc1)OC. The Morgan fingerprint density at radius 1 is 1.07 bits per heavy atom. The first-order valence-corrected chi connectivity index (χ1v) is 10.2. The number of thioether (sulfide) groups is 1. The van der Waals surface area contributed by atoms with Crippen molar-refractivity contribution in [3.05, 3.63) is 71.3 Å². The van der Waals surface area contributed by atoms with Gasteiger partial charge in [0.1, 0.15) is 17.7 Å². The highest BCUT2D eigenvalue weighted by atomic mass is 32.2. The Morgan fingerprint density at radius 3 is 2.54 bits per heavy atom. The van der Waals surface area contributed by atoms with Gasteiger partial charge in [-0.05, 0) is 29.8 Å². The normalized spacial score (nSPS) is 18.7. The van der Waals surface area contributed by atoms with Crippen molar-refractivity contribution in [3.63, 3.8) is 0 Å². The Bertz CT molecular complexity index is 848. The van der Waals surface area contributed by atoms with Crippen LogP contribution in [-0.2, 0) is 9.47 Å². The highest BCUT2D eigenvalue weighted by Crippen LogP contribution is 2.44. The van der Waals surface area contributed by atoms with E-state index >= 15 is 0 Å². The van der Waals surface area contributed by atoms with E-state index in [4.69, 9.17) is 19.2 Å². The second-order valence-electron chi connectivity index (χ2n) is 6.60. The van der Waals surface area contributed by atoms with Gasteiger partial charge < -0.3 is 19.1 Å². The summed E-state index contributed by atoms with van der Waals surface area (Å²) < 4.78 is 16.0. The molecule has 6 heteroatoms. The Kier molecular flexibility index (Phi) is 6.00. The number of hydrogen-bond donors (Lipinski definition) is 0. The van der Waals surface area contributed by atoms with Crippen molar-refractivity contribution in [2.75, 3.05) is 32.3 Å². The molecule has 2 aromatic carbocycles. The van der Waals surface area contributed by atoms with Gasteiger partial charge in [-0.15, -0.1) is 0 Å². The molecule has 4 rings (SSSR count). The summed E-state index contributed by atoms with van der Waals surface area (Å²) in [6, 6.07) is 18.6. The smallest absolute Gasteiger partial charge is 0.191 e. The molecule has 2 aliphatic rings. The minimum absolute atomic E-state index is 0.174. The monoisotopic (exact) mass is 396 g/mol. The van der Waals surface area contributed by atoms with Crippen LogP contribution in [0.4, 0.5) is 5.69 Å². The van der Waals surface area contributed by atoms with Gasteiger partial charge in [-0.25, -0.2) is 0 Å². The van der Waals surface area contributed by atoms with Crippen LogP contribution in [0.2, 0.25) is 0 Å². The van der Waals surface area contributed by atoms with Crippen LogP contribution in [0.25, 0.3) is 0 Å². The number of ether oxygens (including phenoxy) is 3. The largest absolute Gasteiger partial charge is 0.488 e. The van der Waals surface area contributed by atoms with E-state index in [9.17, 15) is 0 Å². The van der Waals surface area contributed by atoms with E-state index in [0.717, 1.165) is 24.4 Å². The predicted molar refractivity (Wildman–Crippen MR) is 114 cm³/mol. The minimum Gasteiger partial charge on any atom is -0.488 e. The van der Waals surface area contributed by atoms with Crippen molar-refractivity contribution in [1.82, 2.24) is 0 Å². The van der Waals surface area contributed by atoms with Gasteiger partial charge in [0.05, 0.1) is 5.71 Å². The van der Waals surface area contributed by atoms with Crippen molar-refractivity contribution in [2.24, 2.45) is 4.99 Å². The third kappa shape index (κ3) is 4.24. The van der Waals surface area contributed by atoms with Crippen LogP contribution in [0.3, 0.4) is 0 Å². The first-order chi connectivity index (χ1) is 13.8. The maximum atomic E-state index is 5.72. The molecule has 0 radical (unpaired) electrons. The summed E-state index contributed by atoms with van der Waals surface area (Å²) in [5.41, 5.74) is 3.63. The predicted octanol–water partition coefficient (Wildman–Crippen LogP) is 4.62. The lowest BCUT2D eigenvalue weighted by atomic mass is 10.1. The van der Waals surface area contributed by atoms with Gasteiger partial charge in [-0.3, -0.25) is 4.99 Å². The summed E-state index contributed by atoms with van der Waals surface area (Å²) in [7, 11) is 3.21. The van der Waals surface area contributed by atoms with Crippen LogP contribution in [0.1, 0.15) is 17.4 Å². The molecule has 0 aliphatic carbocycles. The summed E-state index contributed by atoms with van der Waals surface area (Å²) in [5.74, 6) is 0.800. The third-order valence-electron chi connectivity index (χ3n) is 4.82. The third-order valence-corrected chi connectivity index (χ3v) is 6.02. The fraction of sp³-hybridized carbons (Fsp3) is 0.318. The molecule has 0 saturated carbocycles. The molecule has 0 spiro atoms. The van der Waals surface area contributed by atoms with E-state index in [1.807, 2.05) is 30.0 Å². The molecule has 2 aliphatic heterocycles. The van der Waals surface area contributed by atoms with Gasteiger partial charge >= 0.3 is 0 Å². The summed E-state index contributed by atoms with van der Waals surface area (Å²) >= 11 is 1.83. The second kappa shape index (κ2) is 8.82. The molecule has 5 nitrogen and oxygen atoms in total. The number of rotatable bonds is 7. The Balaban J connectivity index is 1.41. The molecule has 1 unspecified atom stereocenters. The highest BCUT2D eigenvalue weighted by molar-refractivity contribution is 8.04. The Labute approximate surface area is 170 Å². The number of methoxy groups -OCH3 is 2. The zero-order valence-electron chi connectivity index (χ0n) is 16.1. The summed E-state index contributed by atoms with van der Waals surface area (Å²) in [6.07, 6.45) is 2.82. The van der Waals surface area contributed by atoms with Gasteiger partial charge in [0.25, 0.3) is 0 Å². The lowest BCUT2D eigenvalue weighted by molar-refractivity contribution is -0.121. The number of benzene rings is 2. The van der Waals surface area contributed by atoms with Gasteiger partial charge in [-0.1, -0.05) is 42.1 Å². The topological polar surface area (TPSA) is 43.3 Å². The molecule has 2 aromatic rings. The molecule has 0 fully saturated rings. The molecule has 146 valence electrons. The van der Waals surface area contributed by atoms with Crippen LogP contribution in [-0.4, -0.2) is 39.4 Å². The molecule has 0 saturated heterocycles. The quantitative estimate of drug-likeness (QED) is 0.639. The molecule has 0 amide bonds. The van der Waals surface area contributed by atoms with Gasteiger partial charge in [0, 0.05) is 44.0 Å². The summed E-state index contributed by atoms with van der Waals surface area (Å²) in [6.45, 7) is 1.29. The van der Waals surface area contributed by atoms with Crippen molar-refractivity contribution < 1.29 is 14.2 Å². The Morgan fingerprint density at radius 2 is 1.82 bits per heavy atom. The number of anilines is 1. The first-order valence-electron chi connectivity index (χ1n) is 9.32. The van der Waals surface area contributed by atoms with Crippen molar-refractivity contribution in [2.45, 2.75) is 18.1 Å². The number of aliphatic imine (C=N–C) groups is 1. The molecule has 0 bridgehead atoms. The van der Waals surface area contributed by atoms with Crippen LogP contribution < -0.4 is 9.64 Å². The van der Waals surface area contributed by atoms with Crippen LogP contribution >= 0.6 is 11.8 Å². The zero-order chi connectivity index (χ0) is 19.3. The molecular formula is C22H24N2O3S. The van der Waals surface area contributed by atoms with Crippen molar-refractivity contribution >= 4 is 23.2 Å². The van der Waals surface area contributed by atoms with E-state index < -0.39 is 0 Å². The molecule has 0 aromatic heterocycles. The molecule has 1 atom stereocenters. The standard InChI is InChI=1S/C22H24N2O3S/c1-25-21(26-2)15-27-18-10-8-17(9-11-18)24-13-12-19-20(14-24)28-22(23-19)16-6-4-3-5-7-16/h3-11,14,21-22H,12-13,15H2,1-2H3. The van der Waals surface area contributed by atoms with Gasteiger partial charge in [0.15, 0.2) is 6.29 Å². The van der Waals surface area contributed by atoms with Crippen LogP contribution in [0, 0.1) is 0 Å². The minimum atomic E-state index is -0.360. The van der Waals surface area contributed by atoms with Crippen LogP contribution in [0.5, 0.6) is 5.75 Å². The van der Waals surface area contributed by atoms with Gasteiger partial charge in [-0.2, -0.15) is 0 Å². The van der Waals surface area contributed by atoms with Crippen molar-refractivity contribution in [1.29, 1.82) is 0 Å². The number of nitrogens with zero attached hydrogens (tertiary/aromatic N) is 2.